The number of hydrogen-bond donors (Lipinski definition) is 2. The predicted molar refractivity (Wildman–Crippen MR) is 80.6 cm³/mol. The minimum Gasteiger partial charge on any atom is -0.454 e. The fourth-order valence-electron chi connectivity index (χ4n) is 2.09. The molecule has 0 aliphatic carbocycles. The van der Waals surface area contributed by atoms with E-state index in [0.29, 0.717) is 19.0 Å². The second-order valence-corrected chi connectivity index (χ2v) is 4.83. The molecule has 0 saturated carbocycles. The van der Waals surface area contributed by atoms with Crippen molar-refractivity contribution >= 4 is 5.96 Å². The molecule has 0 radical (unpaired) electrons. The molecule has 0 spiro atoms. The Hall–Kier alpha value is -2.77. The Morgan fingerprint density at radius 2 is 2.09 bits per heavy atom. The molecule has 0 atom stereocenters. The Labute approximate surface area is 128 Å². The van der Waals surface area contributed by atoms with Crippen LogP contribution in [-0.2, 0) is 20.1 Å². The SMILES string of the molecule is CN=C(NCc1ccc2c(c1)OCO2)NCc1nncn1C. The smallest absolute Gasteiger partial charge is 0.231 e. The Morgan fingerprint density at radius 3 is 2.86 bits per heavy atom. The third kappa shape index (κ3) is 3.11. The third-order valence-corrected chi connectivity index (χ3v) is 3.34. The first-order valence-corrected chi connectivity index (χ1v) is 6.92. The summed E-state index contributed by atoms with van der Waals surface area (Å²) in [6.07, 6.45) is 1.67. The molecular formula is C14H18N6O2. The number of nitrogens with one attached hydrogen (secondary N) is 2. The highest BCUT2D eigenvalue weighted by molar-refractivity contribution is 5.79. The molecule has 8 heteroatoms. The largest absolute Gasteiger partial charge is 0.454 e. The molecule has 1 aromatic carbocycles. The van der Waals surface area contributed by atoms with Crippen molar-refractivity contribution in [1.29, 1.82) is 0 Å². The van der Waals surface area contributed by atoms with Crippen molar-refractivity contribution in [2.45, 2.75) is 13.1 Å². The zero-order valence-electron chi connectivity index (χ0n) is 12.5. The molecule has 3 rings (SSSR count). The predicted octanol–water partition coefficient (Wildman–Crippen LogP) is 0.409. The summed E-state index contributed by atoms with van der Waals surface area (Å²) in [6, 6.07) is 5.87. The molecule has 1 aliphatic heterocycles. The van der Waals surface area contributed by atoms with Crippen molar-refractivity contribution in [3.8, 4) is 11.5 Å². The van der Waals surface area contributed by atoms with E-state index < -0.39 is 0 Å². The summed E-state index contributed by atoms with van der Waals surface area (Å²) in [5.74, 6) is 3.10. The Balaban J connectivity index is 1.54. The molecule has 2 aromatic rings. The van der Waals surface area contributed by atoms with Crippen molar-refractivity contribution in [3.05, 3.63) is 35.9 Å². The van der Waals surface area contributed by atoms with E-state index >= 15 is 0 Å². The molecule has 0 saturated heterocycles. The van der Waals surface area contributed by atoms with E-state index in [4.69, 9.17) is 9.47 Å². The fourth-order valence-corrected chi connectivity index (χ4v) is 2.09. The maximum Gasteiger partial charge on any atom is 0.231 e. The maximum atomic E-state index is 5.37. The van der Waals surface area contributed by atoms with Crippen molar-refractivity contribution in [1.82, 2.24) is 25.4 Å². The van der Waals surface area contributed by atoms with Gasteiger partial charge in [-0.2, -0.15) is 0 Å². The molecule has 1 aliphatic rings. The third-order valence-electron chi connectivity index (χ3n) is 3.34. The quantitative estimate of drug-likeness (QED) is 0.628. The van der Waals surface area contributed by atoms with Crippen LogP contribution in [0.4, 0.5) is 0 Å². The van der Waals surface area contributed by atoms with E-state index in [0.717, 1.165) is 22.9 Å². The number of benzene rings is 1. The van der Waals surface area contributed by atoms with Crippen LogP contribution in [0, 0.1) is 0 Å². The van der Waals surface area contributed by atoms with Crippen LogP contribution in [0.15, 0.2) is 29.5 Å². The number of aryl methyl sites for hydroxylation is 1. The number of aromatic nitrogens is 3. The summed E-state index contributed by atoms with van der Waals surface area (Å²) in [4.78, 5) is 4.19. The van der Waals surface area contributed by atoms with Crippen LogP contribution in [0.3, 0.4) is 0 Å². The molecule has 0 amide bonds. The van der Waals surface area contributed by atoms with Gasteiger partial charge in [0, 0.05) is 20.6 Å². The van der Waals surface area contributed by atoms with Gasteiger partial charge < -0.3 is 24.7 Å². The molecule has 0 bridgehead atoms. The second kappa shape index (κ2) is 6.33. The van der Waals surface area contributed by atoms with Gasteiger partial charge in [0.25, 0.3) is 0 Å². The normalized spacial score (nSPS) is 13.3. The highest BCUT2D eigenvalue weighted by Gasteiger charge is 2.13. The minimum atomic E-state index is 0.285. The van der Waals surface area contributed by atoms with Gasteiger partial charge in [0.2, 0.25) is 6.79 Å². The second-order valence-electron chi connectivity index (χ2n) is 4.83. The van der Waals surface area contributed by atoms with Crippen LogP contribution in [-0.4, -0.2) is 34.6 Å². The Morgan fingerprint density at radius 1 is 1.27 bits per heavy atom. The van der Waals surface area contributed by atoms with Crippen molar-refractivity contribution in [3.63, 3.8) is 0 Å². The molecule has 8 nitrogen and oxygen atoms in total. The molecule has 116 valence electrons. The van der Waals surface area contributed by atoms with E-state index in [1.165, 1.54) is 0 Å². The Kier molecular flexibility index (Phi) is 4.08. The summed E-state index contributed by atoms with van der Waals surface area (Å²) in [7, 11) is 3.63. The van der Waals surface area contributed by atoms with Gasteiger partial charge in [-0.1, -0.05) is 6.07 Å². The van der Waals surface area contributed by atoms with Gasteiger partial charge in [-0.3, -0.25) is 4.99 Å². The summed E-state index contributed by atoms with van der Waals surface area (Å²) in [6.45, 7) is 1.47. The van der Waals surface area contributed by atoms with E-state index in [1.54, 1.807) is 13.4 Å². The van der Waals surface area contributed by atoms with Crippen LogP contribution < -0.4 is 20.1 Å². The molecule has 22 heavy (non-hydrogen) atoms. The van der Waals surface area contributed by atoms with E-state index in [2.05, 4.69) is 25.8 Å². The topological polar surface area (TPSA) is 85.6 Å². The van der Waals surface area contributed by atoms with Gasteiger partial charge in [0.1, 0.15) is 6.33 Å². The van der Waals surface area contributed by atoms with E-state index in [1.807, 2.05) is 29.8 Å². The van der Waals surface area contributed by atoms with Crippen LogP contribution in [0.1, 0.15) is 11.4 Å². The van der Waals surface area contributed by atoms with Gasteiger partial charge in [-0.25, -0.2) is 0 Å². The highest BCUT2D eigenvalue weighted by Crippen LogP contribution is 2.32. The molecule has 2 N–H and O–H groups in total. The molecule has 2 heterocycles. The van der Waals surface area contributed by atoms with Crippen molar-refractivity contribution in [2.75, 3.05) is 13.8 Å². The van der Waals surface area contributed by atoms with Crippen LogP contribution >= 0.6 is 0 Å². The Bertz CT molecular complexity index is 682. The molecule has 1 aromatic heterocycles. The summed E-state index contributed by atoms with van der Waals surface area (Å²) >= 11 is 0. The standard InChI is InChI=1S/C14H18N6O2/c1-15-14(17-7-13-19-18-8-20(13)2)16-6-10-3-4-11-12(5-10)22-9-21-11/h3-5,8H,6-7,9H2,1-2H3,(H2,15,16,17). The van der Waals surface area contributed by atoms with E-state index in [9.17, 15) is 0 Å². The van der Waals surface area contributed by atoms with E-state index in [-0.39, 0.29) is 6.79 Å². The first-order chi connectivity index (χ1) is 10.8. The number of ether oxygens (including phenoxy) is 2. The zero-order valence-corrected chi connectivity index (χ0v) is 12.5. The molecular weight excluding hydrogens is 284 g/mol. The lowest BCUT2D eigenvalue weighted by molar-refractivity contribution is 0.174. The number of rotatable bonds is 4. The van der Waals surface area contributed by atoms with Gasteiger partial charge in [-0.15, -0.1) is 10.2 Å². The number of nitrogens with zero attached hydrogens (tertiary/aromatic N) is 4. The average molecular weight is 302 g/mol. The van der Waals surface area contributed by atoms with Gasteiger partial charge in [-0.05, 0) is 17.7 Å². The van der Waals surface area contributed by atoms with Crippen LogP contribution in [0.25, 0.3) is 0 Å². The lowest BCUT2D eigenvalue weighted by Gasteiger charge is -2.11. The van der Waals surface area contributed by atoms with Gasteiger partial charge in [0.15, 0.2) is 23.3 Å². The van der Waals surface area contributed by atoms with Crippen molar-refractivity contribution < 1.29 is 9.47 Å². The minimum absolute atomic E-state index is 0.285. The van der Waals surface area contributed by atoms with Crippen LogP contribution in [0.5, 0.6) is 11.5 Å². The van der Waals surface area contributed by atoms with Crippen LogP contribution in [0.2, 0.25) is 0 Å². The van der Waals surface area contributed by atoms with Crippen molar-refractivity contribution in [2.24, 2.45) is 12.0 Å². The highest BCUT2D eigenvalue weighted by atomic mass is 16.7. The average Bonchev–Trinajstić information content (AvgIpc) is 3.15. The summed E-state index contributed by atoms with van der Waals surface area (Å²) in [5, 5.41) is 14.3. The zero-order chi connectivity index (χ0) is 15.4. The number of aliphatic imine (C=N–C) groups is 1. The summed E-state index contributed by atoms with van der Waals surface area (Å²) < 4.78 is 12.5. The monoisotopic (exact) mass is 302 g/mol. The lowest BCUT2D eigenvalue weighted by Crippen LogP contribution is -2.36. The lowest BCUT2D eigenvalue weighted by atomic mass is 10.2. The van der Waals surface area contributed by atoms with Gasteiger partial charge in [0.05, 0.1) is 6.54 Å². The molecule has 0 unspecified atom stereocenters. The number of hydrogen-bond acceptors (Lipinski definition) is 5. The number of guanidine groups is 1. The first kappa shape index (κ1) is 14.2. The number of fused-ring (bicyclic) bond motifs is 1. The maximum absolute atomic E-state index is 5.37. The molecule has 0 fully saturated rings. The summed E-state index contributed by atoms with van der Waals surface area (Å²) in [5.41, 5.74) is 1.09. The first-order valence-electron chi connectivity index (χ1n) is 6.92. The van der Waals surface area contributed by atoms with Gasteiger partial charge >= 0.3 is 0 Å². The fraction of sp³-hybridized carbons (Fsp3) is 0.357.